The van der Waals surface area contributed by atoms with Crippen LogP contribution in [0, 0.1) is 19.8 Å². The third-order valence-corrected chi connectivity index (χ3v) is 6.93. The highest BCUT2D eigenvalue weighted by Crippen LogP contribution is 2.40. The number of rotatable bonds is 9. The molecule has 0 radical (unpaired) electrons. The Labute approximate surface area is 219 Å². The van der Waals surface area contributed by atoms with Gasteiger partial charge in [-0.05, 0) is 55.5 Å². The van der Waals surface area contributed by atoms with Crippen LogP contribution in [0.15, 0.2) is 48.0 Å². The van der Waals surface area contributed by atoms with Gasteiger partial charge < -0.3 is 19.5 Å². The van der Waals surface area contributed by atoms with Crippen LogP contribution in [0.3, 0.4) is 0 Å². The van der Waals surface area contributed by atoms with Crippen molar-refractivity contribution in [1.29, 1.82) is 0 Å². The zero-order valence-electron chi connectivity index (χ0n) is 22.3. The van der Waals surface area contributed by atoms with Crippen molar-refractivity contribution in [3.05, 3.63) is 70.3 Å². The lowest BCUT2D eigenvalue weighted by Gasteiger charge is -2.29. The van der Waals surface area contributed by atoms with Crippen LogP contribution in [-0.2, 0) is 14.3 Å². The maximum Gasteiger partial charge on any atom is 0.295 e. The van der Waals surface area contributed by atoms with Crippen molar-refractivity contribution in [2.75, 3.05) is 46.0 Å². The molecule has 2 saturated heterocycles. The minimum Gasteiger partial charge on any atom is -0.507 e. The summed E-state index contributed by atoms with van der Waals surface area (Å²) in [6.45, 7) is 13.1. The molecule has 4 rings (SSSR count). The van der Waals surface area contributed by atoms with Crippen LogP contribution in [0.4, 0.5) is 0 Å². The molecule has 2 aromatic carbocycles. The van der Waals surface area contributed by atoms with Gasteiger partial charge in [-0.15, -0.1) is 0 Å². The highest BCUT2D eigenvalue weighted by molar-refractivity contribution is 6.46. The van der Waals surface area contributed by atoms with E-state index in [2.05, 4.69) is 18.7 Å². The molecular weight excluding hydrogens is 468 g/mol. The summed E-state index contributed by atoms with van der Waals surface area (Å²) in [5, 5.41) is 11.4. The molecule has 2 aliphatic rings. The van der Waals surface area contributed by atoms with E-state index in [0.29, 0.717) is 37.8 Å². The molecule has 1 amide bonds. The highest BCUT2D eigenvalue weighted by Gasteiger charge is 2.45. The molecule has 2 heterocycles. The molecule has 2 aromatic rings. The molecule has 0 spiro atoms. The number of hydrogen-bond acceptors (Lipinski definition) is 6. The van der Waals surface area contributed by atoms with Gasteiger partial charge in [0, 0.05) is 31.7 Å². The average Bonchev–Trinajstić information content (AvgIpc) is 3.13. The van der Waals surface area contributed by atoms with E-state index >= 15 is 0 Å². The van der Waals surface area contributed by atoms with Gasteiger partial charge in [-0.3, -0.25) is 14.5 Å². The quantitative estimate of drug-likeness (QED) is 0.307. The largest absolute Gasteiger partial charge is 0.507 e. The van der Waals surface area contributed by atoms with E-state index in [1.165, 1.54) is 0 Å². The Balaban J connectivity index is 1.65. The van der Waals surface area contributed by atoms with E-state index in [4.69, 9.17) is 9.47 Å². The van der Waals surface area contributed by atoms with Gasteiger partial charge in [0.2, 0.25) is 0 Å². The number of nitrogens with zero attached hydrogens (tertiary/aromatic N) is 2. The van der Waals surface area contributed by atoms with Gasteiger partial charge in [0.1, 0.15) is 11.5 Å². The molecule has 0 saturated carbocycles. The number of carbonyl (C=O) groups is 2. The third-order valence-electron chi connectivity index (χ3n) is 6.93. The number of ketones is 1. The Kier molecular flexibility index (Phi) is 8.67. The summed E-state index contributed by atoms with van der Waals surface area (Å²) >= 11 is 0. The Bertz CT molecular complexity index is 1150. The zero-order chi connectivity index (χ0) is 26.5. The summed E-state index contributed by atoms with van der Waals surface area (Å²) in [5.74, 6) is -0.238. The topological polar surface area (TPSA) is 79.3 Å². The second kappa shape index (κ2) is 11.9. The molecule has 0 bridgehead atoms. The lowest BCUT2D eigenvalue weighted by atomic mass is 9.94. The van der Waals surface area contributed by atoms with Gasteiger partial charge in [-0.2, -0.15) is 0 Å². The van der Waals surface area contributed by atoms with Crippen molar-refractivity contribution in [1.82, 2.24) is 9.80 Å². The van der Waals surface area contributed by atoms with Crippen LogP contribution in [0.5, 0.6) is 5.75 Å². The molecule has 1 atom stereocenters. The van der Waals surface area contributed by atoms with Crippen molar-refractivity contribution < 1.29 is 24.2 Å². The SMILES string of the molecule is Cc1ccc([C@@H]2/C(=C(\O)c3ccc(OCC(C)C)c(C)c3)C(=O)C(=O)N2CCCN2CCOCC2)cc1. The molecule has 1 N–H and O–H groups in total. The lowest BCUT2D eigenvalue weighted by Crippen LogP contribution is -2.38. The molecule has 198 valence electrons. The molecule has 2 fully saturated rings. The second-order valence-corrected chi connectivity index (χ2v) is 10.4. The number of benzene rings is 2. The number of ether oxygens (including phenoxy) is 2. The fourth-order valence-electron chi connectivity index (χ4n) is 4.87. The van der Waals surface area contributed by atoms with Gasteiger partial charge in [-0.1, -0.05) is 43.7 Å². The monoisotopic (exact) mass is 506 g/mol. The number of carbonyl (C=O) groups excluding carboxylic acids is 2. The Morgan fingerprint density at radius 1 is 1.05 bits per heavy atom. The zero-order valence-corrected chi connectivity index (χ0v) is 22.3. The summed E-state index contributed by atoms with van der Waals surface area (Å²) in [6, 6.07) is 12.5. The number of aryl methyl sites for hydroxylation is 2. The maximum atomic E-state index is 13.3. The Hall–Kier alpha value is -3.16. The fraction of sp³-hybridized carbons (Fsp3) is 0.467. The van der Waals surface area contributed by atoms with E-state index < -0.39 is 17.7 Å². The molecule has 0 unspecified atom stereocenters. The first-order valence-corrected chi connectivity index (χ1v) is 13.1. The van der Waals surface area contributed by atoms with Gasteiger partial charge in [0.05, 0.1) is 31.4 Å². The number of morpholine rings is 1. The van der Waals surface area contributed by atoms with E-state index in [0.717, 1.165) is 48.5 Å². The minimum absolute atomic E-state index is 0.135. The van der Waals surface area contributed by atoms with Crippen LogP contribution in [0.2, 0.25) is 0 Å². The standard InChI is InChI=1S/C30H38N2O5/c1-20(2)19-37-25-11-10-24(18-22(25)4)28(33)26-27(23-8-6-21(3)7-9-23)32(30(35)29(26)34)13-5-12-31-14-16-36-17-15-31/h6-11,18,20,27,33H,5,12-17,19H2,1-4H3/b28-26+/t27-/m1/s1. The first-order valence-electron chi connectivity index (χ1n) is 13.1. The number of aliphatic hydroxyl groups excluding tert-OH is 1. The van der Waals surface area contributed by atoms with Gasteiger partial charge in [-0.25, -0.2) is 0 Å². The third kappa shape index (κ3) is 6.22. The smallest absolute Gasteiger partial charge is 0.295 e. The average molecular weight is 507 g/mol. The molecular formula is C30H38N2O5. The number of Topliss-reactive ketones (excluding diaryl/α,β-unsaturated/α-hetero) is 1. The summed E-state index contributed by atoms with van der Waals surface area (Å²) in [5.41, 5.74) is 3.39. The number of aliphatic hydroxyl groups is 1. The van der Waals surface area contributed by atoms with Gasteiger partial charge in [0.15, 0.2) is 0 Å². The predicted octanol–water partition coefficient (Wildman–Crippen LogP) is 4.48. The van der Waals surface area contributed by atoms with E-state index in [9.17, 15) is 14.7 Å². The van der Waals surface area contributed by atoms with Gasteiger partial charge in [0.25, 0.3) is 11.7 Å². The molecule has 0 aromatic heterocycles. The molecule has 7 nitrogen and oxygen atoms in total. The lowest BCUT2D eigenvalue weighted by molar-refractivity contribution is -0.140. The Morgan fingerprint density at radius 3 is 2.41 bits per heavy atom. The van der Waals surface area contributed by atoms with Crippen molar-refractivity contribution in [3.8, 4) is 5.75 Å². The van der Waals surface area contributed by atoms with Crippen LogP contribution >= 0.6 is 0 Å². The molecule has 37 heavy (non-hydrogen) atoms. The minimum atomic E-state index is -0.646. The number of hydrogen-bond donors (Lipinski definition) is 1. The highest BCUT2D eigenvalue weighted by atomic mass is 16.5. The maximum absolute atomic E-state index is 13.3. The molecule has 2 aliphatic heterocycles. The number of amides is 1. The van der Waals surface area contributed by atoms with E-state index in [-0.39, 0.29) is 11.3 Å². The summed E-state index contributed by atoms with van der Waals surface area (Å²) in [7, 11) is 0. The van der Waals surface area contributed by atoms with E-state index in [1.807, 2.05) is 50.2 Å². The van der Waals surface area contributed by atoms with Crippen molar-refractivity contribution in [2.24, 2.45) is 5.92 Å². The van der Waals surface area contributed by atoms with Crippen molar-refractivity contribution >= 4 is 17.4 Å². The van der Waals surface area contributed by atoms with Crippen LogP contribution in [-0.4, -0.2) is 72.6 Å². The fourth-order valence-corrected chi connectivity index (χ4v) is 4.87. The van der Waals surface area contributed by atoms with Crippen LogP contribution in [0.25, 0.3) is 5.76 Å². The summed E-state index contributed by atoms with van der Waals surface area (Å²) < 4.78 is 11.3. The normalized spacial score (nSPS) is 20.1. The second-order valence-electron chi connectivity index (χ2n) is 10.4. The number of likely N-dealkylation sites (tertiary alicyclic amines) is 1. The molecule has 7 heteroatoms. The first-order chi connectivity index (χ1) is 17.8. The Morgan fingerprint density at radius 2 is 1.76 bits per heavy atom. The van der Waals surface area contributed by atoms with Crippen molar-refractivity contribution in [2.45, 2.75) is 40.2 Å². The van der Waals surface area contributed by atoms with Crippen LogP contribution in [0.1, 0.15) is 48.6 Å². The molecule has 0 aliphatic carbocycles. The van der Waals surface area contributed by atoms with Crippen LogP contribution < -0.4 is 4.74 Å². The predicted molar refractivity (Wildman–Crippen MR) is 144 cm³/mol. The van der Waals surface area contributed by atoms with E-state index in [1.54, 1.807) is 11.0 Å². The van der Waals surface area contributed by atoms with Crippen molar-refractivity contribution in [3.63, 3.8) is 0 Å². The summed E-state index contributed by atoms with van der Waals surface area (Å²) in [4.78, 5) is 30.5. The van der Waals surface area contributed by atoms with Gasteiger partial charge >= 0.3 is 0 Å². The first kappa shape index (κ1) is 26.9. The summed E-state index contributed by atoms with van der Waals surface area (Å²) in [6.07, 6.45) is 0.733.